The lowest BCUT2D eigenvalue weighted by molar-refractivity contribution is -0.130. The molecule has 1 N–H and O–H groups in total. The Bertz CT molecular complexity index is 473. The lowest BCUT2D eigenvalue weighted by Gasteiger charge is -2.29. The number of carbonyl (C=O) groups is 1. The van der Waals surface area contributed by atoms with Crippen LogP contribution in [-0.4, -0.2) is 48.2 Å². The van der Waals surface area contributed by atoms with Crippen molar-refractivity contribution >= 4 is 5.91 Å². The normalized spacial score (nSPS) is 39.4. The summed E-state index contributed by atoms with van der Waals surface area (Å²) in [7, 11) is 0. The summed E-state index contributed by atoms with van der Waals surface area (Å²) in [4.78, 5) is 14.1. The zero-order valence-corrected chi connectivity index (χ0v) is 14.4. The van der Waals surface area contributed by atoms with E-state index in [-0.39, 0.29) is 17.5 Å². The third-order valence-electron chi connectivity index (χ3n) is 6.01. The number of fused-ring (bicyclic) bond motifs is 1. The minimum atomic E-state index is -0.216. The molecule has 2 aliphatic carbocycles. The first-order valence-corrected chi connectivity index (χ1v) is 9.10. The maximum Gasteiger partial charge on any atom is 0.237 e. The number of rotatable bonds is 5. The lowest BCUT2D eigenvalue weighted by atomic mass is 9.95. The van der Waals surface area contributed by atoms with E-state index in [0.717, 1.165) is 50.7 Å². The van der Waals surface area contributed by atoms with Crippen LogP contribution in [0.25, 0.3) is 0 Å². The summed E-state index contributed by atoms with van der Waals surface area (Å²) in [5.74, 6) is 1.55. The highest BCUT2D eigenvalue weighted by Gasteiger charge is 2.47. The van der Waals surface area contributed by atoms with Crippen LogP contribution < -0.4 is 5.32 Å². The summed E-state index contributed by atoms with van der Waals surface area (Å²) in [6.07, 6.45) is 6.83. The second kappa shape index (κ2) is 6.78. The molecule has 3 fully saturated rings. The molecule has 3 rings (SSSR count). The van der Waals surface area contributed by atoms with E-state index in [4.69, 9.17) is 10.00 Å². The molecule has 0 spiro atoms. The summed E-state index contributed by atoms with van der Waals surface area (Å²) in [6, 6.07) is 2.03. The highest BCUT2D eigenvalue weighted by molar-refractivity contribution is 5.79. The van der Waals surface area contributed by atoms with E-state index in [1.165, 1.54) is 12.8 Å². The first-order chi connectivity index (χ1) is 11.0. The van der Waals surface area contributed by atoms with E-state index in [2.05, 4.69) is 25.2 Å². The van der Waals surface area contributed by atoms with E-state index in [9.17, 15) is 4.79 Å². The Labute approximate surface area is 139 Å². The predicted octanol–water partition coefficient (Wildman–Crippen LogP) is 2.07. The number of nitriles is 1. The number of amides is 1. The molecule has 5 atom stereocenters. The van der Waals surface area contributed by atoms with Crippen LogP contribution in [0.15, 0.2) is 0 Å². The molecule has 0 radical (unpaired) electrons. The maximum atomic E-state index is 12.4. The van der Waals surface area contributed by atoms with Crippen LogP contribution in [0, 0.1) is 23.2 Å². The minimum Gasteiger partial charge on any atom is -0.378 e. The van der Waals surface area contributed by atoms with Gasteiger partial charge in [-0.3, -0.25) is 4.79 Å². The van der Waals surface area contributed by atoms with Crippen molar-refractivity contribution in [2.75, 3.05) is 19.7 Å². The Morgan fingerprint density at radius 3 is 2.70 bits per heavy atom. The molecule has 5 heteroatoms. The second-order valence-electron chi connectivity index (χ2n) is 7.77. The lowest BCUT2D eigenvalue weighted by Crippen LogP contribution is -2.48. The van der Waals surface area contributed by atoms with Gasteiger partial charge in [0.1, 0.15) is 6.04 Å². The molecule has 1 heterocycles. The predicted molar refractivity (Wildman–Crippen MR) is 87.6 cm³/mol. The third kappa shape index (κ3) is 3.54. The fourth-order valence-electron chi connectivity index (χ4n) is 5.00. The van der Waals surface area contributed by atoms with Gasteiger partial charge >= 0.3 is 0 Å². The van der Waals surface area contributed by atoms with Gasteiger partial charge in [-0.15, -0.1) is 0 Å². The van der Waals surface area contributed by atoms with Crippen LogP contribution in [0.1, 0.15) is 52.4 Å². The van der Waals surface area contributed by atoms with Crippen molar-refractivity contribution < 1.29 is 9.53 Å². The number of nitrogens with zero attached hydrogens (tertiary/aromatic N) is 2. The van der Waals surface area contributed by atoms with Crippen molar-refractivity contribution in [3.05, 3.63) is 0 Å². The summed E-state index contributed by atoms with van der Waals surface area (Å²) in [5, 5.41) is 12.6. The zero-order chi connectivity index (χ0) is 16.4. The number of ether oxygens (including phenoxy) is 1. The van der Waals surface area contributed by atoms with Gasteiger partial charge in [0, 0.05) is 18.7 Å². The van der Waals surface area contributed by atoms with Crippen LogP contribution in [0.3, 0.4) is 0 Å². The number of carbonyl (C=O) groups excluding carboxylic acids is 1. The largest absolute Gasteiger partial charge is 0.378 e. The molecule has 1 saturated heterocycles. The van der Waals surface area contributed by atoms with Gasteiger partial charge in [-0.2, -0.15) is 5.26 Å². The van der Waals surface area contributed by atoms with Gasteiger partial charge in [0.15, 0.2) is 0 Å². The molecule has 2 saturated carbocycles. The van der Waals surface area contributed by atoms with Crippen molar-refractivity contribution in [1.82, 2.24) is 10.2 Å². The molecule has 0 unspecified atom stereocenters. The van der Waals surface area contributed by atoms with Crippen LogP contribution in [-0.2, 0) is 9.53 Å². The Morgan fingerprint density at radius 1 is 1.39 bits per heavy atom. The fourth-order valence-corrected chi connectivity index (χ4v) is 5.00. The molecule has 0 aromatic heterocycles. The van der Waals surface area contributed by atoms with Crippen molar-refractivity contribution in [2.24, 2.45) is 11.8 Å². The van der Waals surface area contributed by atoms with Gasteiger partial charge in [0.25, 0.3) is 0 Å². The SMILES string of the molecule is CCO[C@@H]1C[C@@H]2C[C@](C)(NCC(=O)N3CCC[C@H]3C#N)C[C@@H]2C1. The van der Waals surface area contributed by atoms with Crippen molar-refractivity contribution in [3.63, 3.8) is 0 Å². The van der Waals surface area contributed by atoms with Gasteiger partial charge in [-0.25, -0.2) is 0 Å². The third-order valence-corrected chi connectivity index (χ3v) is 6.01. The van der Waals surface area contributed by atoms with Crippen LogP contribution >= 0.6 is 0 Å². The molecule has 128 valence electrons. The highest BCUT2D eigenvalue weighted by Crippen LogP contribution is 2.49. The van der Waals surface area contributed by atoms with Crippen molar-refractivity contribution in [3.8, 4) is 6.07 Å². The first kappa shape index (κ1) is 16.7. The highest BCUT2D eigenvalue weighted by atomic mass is 16.5. The molecule has 0 aromatic rings. The molecular formula is C18H29N3O2. The average Bonchev–Trinajstić information content (AvgIpc) is 3.18. The van der Waals surface area contributed by atoms with Crippen molar-refractivity contribution in [2.45, 2.75) is 70.1 Å². The van der Waals surface area contributed by atoms with Crippen molar-refractivity contribution in [1.29, 1.82) is 5.26 Å². The van der Waals surface area contributed by atoms with Gasteiger partial charge in [-0.05, 0) is 64.2 Å². The molecular weight excluding hydrogens is 290 g/mol. The van der Waals surface area contributed by atoms with Gasteiger partial charge in [0.2, 0.25) is 5.91 Å². The summed E-state index contributed by atoms with van der Waals surface area (Å²) >= 11 is 0. The maximum absolute atomic E-state index is 12.4. The van der Waals surface area contributed by atoms with Gasteiger partial charge < -0.3 is 15.0 Å². The van der Waals surface area contributed by atoms with E-state index >= 15 is 0 Å². The number of hydrogen-bond acceptors (Lipinski definition) is 4. The molecule has 1 amide bonds. The standard InChI is InChI=1S/C18H29N3O2/c1-3-23-16-7-13-9-18(2,10-14(13)8-16)20-12-17(22)21-6-4-5-15(21)11-19/h13-16,20H,3-10,12H2,1-2H3/t13-,14+,15-,16-,18+/m0/s1. The Morgan fingerprint density at radius 2 is 2.09 bits per heavy atom. The van der Waals surface area contributed by atoms with E-state index in [1.807, 2.05) is 0 Å². The Balaban J connectivity index is 1.48. The van der Waals surface area contributed by atoms with Gasteiger partial charge in [0.05, 0.1) is 18.7 Å². The second-order valence-corrected chi connectivity index (χ2v) is 7.77. The van der Waals surface area contributed by atoms with Gasteiger partial charge in [-0.1, -0.05) is 0 Å². The van der Waals surface area contributed by atoms with Crippen LogP contribution in [0.5, 0.6) is 0 Å². The topological polar surface area (TPSA) is 65.4 Å². The minimum absolute atomic E-state index is 0.0596. The quantitative estimate of drug-likeness (QED) is 0.842. The smallest absolute Gasteiger partial charge is 0.237 e. The fraction of sp³-hybridized carbons (Fsp3) is 0.889. The summed E-state index contributed by atoms with van der Waals surface area (Å²) in [5.41, 5.74) is 0.0596. The molecule has 0 aromatic carbocycles. The zero-order valence-electron chi connectivity index (χ0n) is 14.4. The molecule has 0 bridgehead atoms. The number of likely N-dealkylation sites (tertiary alicyclic amines) is 1. The molecule has 5 nitrogen and oxygen atoms in total. The average molecular weight is 319 g/mol. The number of hydrogen-bond donors (Lipinski definition) is 1. The van der Waals surface area contributed by atoms with Crippen LogP contribution in [0.4, 0.5) is 0 Å². The Hall–Kier alpha value is -1.12. The van der Waals surface area contributed by atoms with E-state index < -0.39 is 0 Å². The summed E-state index contributed by atoms with van der Waals surface area (Å²) < 4.78 is 5.79. The van der Waals surface area contributed by atoms with E-state index in [1.54, 1.807) is 4.90 Å². The van der Waals surface area contributed by atoms with E-state index in [0.29, 0.717) is 12.6 Å². The number of nitrogens with one attached hydrogen (secondary N) is 1. The molecule has 3 aliphatic rings. The first-order valence-electron chi connectivity index (χ1n) is 9.10. The van der Waals surface area contributed by atoms with Crippen LogP contribution in [0.2, 0.25) is 0 Å². The molecule has 23 heavy (non-hydrogen) atoms. The monoisotopic (exact) mass is 319 g/mol. The molecule has 1 aliphatic heterocycles. The Kier molecular flexibility index (Phi) is 4.93. The summed E-state index contributed by atoms with van der Waals surface area (Å²) in [6.45, 7) is 6.22.